The van der Waals surface area contributed by atoms with Crippen LogP contribution in [0.15, 0.2) is 24.3 Å². The van der Waals surface area contributed by atoms with E-state index in [1.54, 1.807) is 13.0 Å². The van der Waals surface area contributed by atoms with Crippen molar-refractivity contribution in [2.75, 3.05) is 5.88 Å². The molecule has 0 aromatic heterocycles. The number of benzene rings is 1. The van der Waals surface area contributed by atoms with Gasteiger partial charge in [-0.2, -0.15) is 13.2 Å². The second-order valence-corrected chi connectivity index (χ2v) is 3.83. The van der Waals surface area contributed by atoms with E-state index in [2.05, 4.69) is 0 Å². The summed E-state index contributed by atoms with van der Waals surface area (Å²) in [7, 11) is 0. The fourth-order valence-corrected chi connectivity index (χ4v) is 1.44. The molecule has 88 valence electrons. The third-order valence-corrected chi connectivity index (χ3v) is 2.39. The molecule has 4 heteroatoms. The fraction of sp³-hybridized carbons (Fsp3) is 0.333. The first-order valence-electron chi connectivity index (χ1n) is 4.85. The number of aryl methyl sites for hydroxylation is 1. The molecule has 0 unspecified atom stereocenters. The molecule has 0 aliphatic carbocycles. The third kappa shape index (κ3) is 3.56. The summed E-state index contributed by atoms with van der Waals surface area (Å²) in [5, 5.41) is 0. The van der Waals surface area contributed by atoms with Gasteiger partial charge in [-0.15, -0.1) is 11.6 Å². The van der Waals surface area contributed by atoms with E-state index in [-0.39, 0.29) is 0 Å². The van der Waals surface area contributed by atoms with Crippen LogP contribution in [0, 0.1) is 6.92 Å². The Kier molecular flexibility index (Phi) is 4.42. The lowest BCUT2D eigenvalue weighted by atomic mass is 10.0. The summed E-state index contributed by atoms with van der Waals surface area (Å²) in [4.78, 5) is 0. The normalized spacial score (nSPS) is 12.3. The summed E-state index contributed by atoms with van der Waals surface area (Å²) in [5.74, 6) is 0.510. The zero-order valence-electron chi connectivity index (χ0n) is 8.81. The molecule has 0 spiro atoms. The number of allylic oxidation sites excluding steroid dienone is 1. The van der Waals surface area contributed by atoms with Crippen LogP contribution in [0.1, 0.15) is 23.1 Å². The molecule has 0 fully saturated rings. The number of alkyl halides is 4. The minimum absolute atomic E-state index is 0.510. The molecule has 0 nitrogen and oxygen atoms in total. The minimum Gasteiger partial charge on any atom is -0.166 e. The quantitative estimate of drug-likeness (QED) is 0.683. The van der Waals surface area contributed by atoms with Gasteiger partial charge in [0, 0.05) is 5.88 Å². The van der Waals surface area contributed by atoms with Crippen LogP contribution in [-0.4, -0.2) is 5.88 Å². The molecule has 16 heavy (non-hydrogen) atoms. The average Bonchev–Trinajstić information content (AvgIpc) is 2.19. The van der Waals surface area contributed by atoms with Crippen LogP contribution in [0.25, 0.3) is 6.08 Å². The Balaban J connectivity index is 2.92. The van der Waals surface area contributed by atoms with Gasteiger partial charge in [0.05, 0.1) is 5.56 Å². The molecule has 0 aliphatic rings. The van der Waals surface area contributed by atoms with E-state index < -0.39 is 11.7 Å². The van der Waals surface area contributed by atoms with E-state index in [1.807, 2.05) is 6.08 Å². The Labute approximate surface area is 97.7 Å². The maximum atomic E-state index is 12.4. The average molecular weight is 249 g/mol. The largest absolute Gasteiger partial charge is 0.416 e. The fourth-order valence-electron chi connectivity index (χ4n) is 1.31. The molecule has 0 amide bonds. The topological polar surface area (TPSA) is 0 Å². The van der Waals surface area contributed by atoms with Crippen molar-refractivity contribution >= 4 is 17.7 Å². The number of halogens is 4. The number of hydrogen-bond acceptors (Lipinski definition) is 0. The smallest absolute Gasteiger partial charge is 0.166 e. The van der Waals surface area contributed by atoms with Gasteiger partial charge in [0.2, 0.25) is 0 Å². The van der Waals surface area contributed by atoms with Crippen LogP contribution in [0.2, 0.25) is 0 Å². The van der Waals surface area contributed by atoms with Gasteiger partial charge in [-0.3, -0.25) is 0 Å². The van der Waals surface area contributed by atoms with Gasteiger partial charge in [0.1, 0.15) is 0 Å². The van der Waals surface area contributed by atoms with Gasteiger partial charge in [-0.25, -0.2) is 0 Å². The lowest BCUT2D eigenvalue weighted by Crippen LogP contribution is -2.05. The van der Waals surface area contributed by atoms with Crippen molar-refractivity contribution in [3.05, 3.63) is 41.0 Å². The second kappa shape index (κ2) is 5.39. The van der Waals surface area contributed by atoms with Crippen LogP contribution in [0.4, 0.5) is 13.2 Å². The van der Waals surface area contributed by atoms with Gasteiger partial charge < -0.3 is 0 Å². The Bertz CT molecular complexity index is 380. The Morgan fingerprint density at radius 2 is 2.00 bits per heavy atom. The maximum Gasteiger partial charge on any atom is 0.416 e. The van der Waals surface area contributed by atoms with Crippen LogP contribution < -0.4 is 0 Å². The van der Waals surface area contributed by atoms with E-state index in [4.69, 9.17) is 11.6 Å². The molecule has 1 aromatic rings. The molecular formula is C12H12ClF3. The van der Waals surface area contributed by atoms with E-state index in [0.29, 0.717) is 17.9 Å². The van der Waals surface area contributed by atoms with E-state index in [0.717, 1.165) is 17.7 Å². The van der Waals surface area contributed by atoms with Crippen LogP contribution >= 0.6 is 11.6 Å². The first kappa shape index (κ1) is 13.1. The van der Waals surface area contributed by atoms with Crippen LogP contribution in [-0.2, 0) is 6.18 Å². The molecule has 1 aromatic carbocycles. The third-order valence-electron chi connectivity index (χ3n) is 2.17. The zero-order valence-corrected chi connectivity index (χ0v) is 9.57. The molecular weight excluding hydrogens is 237 g/mol. The van der Waals surface area contributed by atoms with Crippen molar-refractivity contribution in [2.24, 2.45) is 0 Å². The monoisotopic (exact) mass is 248 g/mol. The molecule has 1 rings (SSSR count). The van der Waals surface area contributed by atoms with Crippen molar-refractivity contribution in [1.82, 2.24) is 0 Å². The summed E-state index contributed by atoms with van der Waals surface area (Å²) in [6, 6.07) is 3.72. The molecule has 0 saturated heterocycles. The molecule has 0 radical (unpaired) electrons. The highest BCUT2D eigenvalue weighted by Gasteiger charge is 2.30. The molecule has 0 heterocycles. The van der Waals surface area contributed by atoms with Gasteiger partial charge in [0.15, 0.2) is 0 Å². The predicted molar refractivity (Wildman–Crippen MR) is 60.6 cm³/mol. The molecule has 0 saturated carbocycles. The lowest BCUT2D eigenvalue weighted by molar-refractivity contribution is -0.137. The van der Waals surface area contributed by atoms with Crippen molar-refractivity contribution in [1.29, 1.82) is 0 Å². The van der Waals surface area contributed by atoms with Gasteiger partial charge in [0.25, 0.3) is 0 Å². The number of rotatable bonds is 3. The predicted octanol–water partition coefficient (Wildman–Crippen LogP) is 4.66. The van der Waals surface area contributed by atoms with E-state index >= 15 is 0 Å². The molecule has 0 bridgehead atoms. The van der Waals surface area contributed by atoms with E-state index in [1.165, 1.54) is 6.07 Å². The van der Waals surface area contributed by atoms with Gasteiger partial charge in [-0.1, -0.05) is 18.2 Å². The summed E-state index contributed by atoms with van der Waals surface area (Å²) < 4.78 is 37.1. The first-order chi connectivity index (χ1) is 7.45. The summed E-state index contributed by atoms with van der Waals surface area (Å²) in [6.45, 7) is 1.66. The highest BCUT2D eigenvalue weighted by molar-refractivity contribution is 6.17. The minimum atomic E-state index is -4.27. The SMILES string of the molecule is Cc1cc(C(F)(F)F)ccc1/C=C/CCCl. The summed E-state index contributed by atoms with van der Waals surface area (Å²) in [5.41, 5.74) is 0.790. The van der Waals surface area contributed by atoms with Gasteiger partial charge >= 0.3 is 6.18 Å². The highest BCUT2D eigenvalue weighted by Crippen LogP contribution is 2.30. The van der Waals surface area contributed by atoms with E-state index in [9.17, 15) is 13.2 Å². The summed E-state index contributed by atoms with van der Waals surface area (Å²) in [6.07, 6.45) is 0.0750. The summed E-state index contributed by atoms with van der Waals surface area (Å²) >= 11 is 5.49. The Morgan fingerprint density at radius 1 is 1.31 bits per heavy atom. The first-order valence-corrected chi connectivity index (χ1v) is 5.39. The standard InChI is InChI=1S/C12H12ClF3/c1-9-8-11(12(14,15)16)6-5-10(9)4-2-3-7-13/h2,4-6,8H,3,7H2,1H3/b4-2+. The number of hydrogen-bond donors (Lipinski definition) is 0. The van der Waals surface area contributed by atoms with Crippen molar-refractivity contribution < 1.29 is 13.2 Å². The Hall–Kier alpha value is -0.960. The molecule has 0 N–H and O–H groups in total. The van der Waals surface area contributed by atoms with Crippen molar-refractivity contribution in [2.45, 2.75) is 19.5 Å². The Morgan fingerprint density at radius 3 is 2.50 bits per heavy atom. The highest BCUT2D eigenvalue weighted by atomic mass is 35.5. The maximum absolute atomic E-state index is 12.4. The van der Waals surface area contributed by atoms with Crippen LogP contribution in [0.3, 0.4) is 0 Å². The van der Waals surface area contributed by atoms with Crippen molar-refractivity contribution in [3.63, 3.8) is 0 Å². The van der Waals surface area contributed by atoms with Crippen LogP contribution in [0.5, 0.6) is 0 Å². The zero-order chi connectivity index (χ0) is 12.2. The lowest BCUT2D eigenvalue weighted by Gasteiger charge is -2.08. The molecule has 0 aliphatic heterocycles. The van der Waals surface area contributed by atoms with Crippen molar-refractivity contribution in [3.8, 4) is 0 Å². The van der Waals surface area contributed by atoms with Gasteiger partial charge in [-0.05, 0) is 36.6 Å². The second-order valence-electron chi connectivity index (χ2n) is 3.45. The molecule has 0 atom stereocenters.